The van der Waals surface area contributed by atoms with Crippen molar-refractivity contribution >= 4 is 5.91 Å². The van der Waals surface area contributed by atoms with E-state index in [4.69, 9.17) is 0 Å². The number of amides is 1. The molecule has 1 amide bonds. The van der Waals surface area contributed by atoms with E-state index in [1.54, 1.807) is 23.0 Å². The number of aromatic nitrogens is 2. The number of hydrogen-bond acceptors (Lipinski definition) is 4. The van der Waals surface area contributed by atoms with Crippen LogP contribution >= 0.6 is 0 Å². The van der Waals surface area contributed by atoms with E-state index >= 15 is 0 Å². The third-order valence-corrected chi connectivity index (χ3v) is 4.29. The fourth-order valence-electron chi connectivity index (χ4n) is 3.09. The van der Waals surface area contributed by atoms with Crippen molar-refractivity contribution in [1.82, 2.24) is 20.4 Å². The molecule has 1 aromatic heterocycles. The molecule has 2 N–H and O–H groups in total. The zero-order chi connectivity index (χ0) is 17.8. The van der Waals surface area contributed by atoms with E-state index in [0.717, 1.165) is 12.1 Å². The SMILES string of the molecule is Cn1cc([C@H]2CNC[C@@H]2C(=O)NCc2cccc(OC(F)F)c2)cn1. The number of benzene rings is 1. The molecule has 2 heterocycles. The Morgan fingerprint density at radius 3 is 3.04 bits per heavy atom. The van der Waals surface area contributed by atoms with Crippen LogP contribution in [0.4, 0.5) is 8.78 Å². The summed E-state index contributed by atoms with van der Waals surface area (Å²) in [6, 6.07) is 6.33. The van der Waals surface area contributed by atoms with Crippen molar-refractivity contribution in [3.8, 4) is 5.75 Å². The quantitative estimate of drug-likeness (QED) is 0.831. The lowest BCUT2D eigenvalue weighted by molar-refractivity contribution is -0.125. The van der Waals surface area contributed by atoms with Gasteiger partial charge in [0.1, 0.15) is 5.75 Å². The number of alkyl halides is 2. The van der Waals surface area contributed by atoms with Gasteiger partial charge in [0.2, 0.25) is 5.91 Å². The molecule has 1 aromatic carbocycles. The summed E-state index contributed by atoms with van der Waals surface area (Å²) >= 11 is 0. The highest BCUT2D eigenvalue weighted by molar-refractivity contribution is 5.80. The van der Waals surface area contributed by atoms with Crippen LogP contribution in [0.5, 0.6) is 5.75 Å². The first-order valence-corrected chi connectivity index (χ1v) is 8.03. The van der Waals surface area contributed by atoms with Gasteiger partial charge in [0, 0.05) is 38.8 Å². The van der Waals surface area contributed by atoms with Crippen molar-refractivity contribution in [2.45, 2.75) is 19.1 Å². The number of rotatable bonds is 6. The van der Waals surface area contributed by atoms with E-state index in [2.05, 4.69) is 20.5 Å². The molecule has 0 radical (unpaired) electrons. The van der Waals surface area contributed by atoms with E-state index in [9.17, 15) is 13.6 Å². The Labute approximate surface area is 144 Å². The molecule has 2 atom stereocenters. The fraction of sp³-hybridized carbons (Fsp3) is 0.412. The first kappa shape index (κ1) is 17.3. The molecule has 1 aliphatic rings. The lowest BCUT2D eigenvalue weighted by Crippen LogP contribution is -2.33. The van der Waals surface area contributed by atoms with Crippen molar-refractivity contribution in [3.05, 3.63) is 47.8 Å². The number of hydrogen-bond donors (Lipinski definition) is 2. The average Bonchev–Trinajstić information content (AvgIpc) is 3.21. The molecule has 0 bridgehead atoms. The summed E-state index contributed by atoms with van der Waals surface area (Å²) in [5.41, 5.74) is 1.73. The molecule has 1 saturated heterocycles. The minimum Gasteiger partial charge on any atom is -0.435 e. The third-order valence-electron chi connectivity index (χ3n) is 4.29. The molecule has 2 aromatic rings. The summed E-state index contributed by atoms with van der Waals surface area (Å²) in [6.45, 7) is -1.29. The maximum absolute atomic E-state index is 12.5. The van der Waals surface area contributed by atoms with Gasteiger partial charge < -0.3 is 15.4 Å². The zero-order valence-electron chi connectivity index (χ0n) is 13.8. The standard InChI is InChI=1S/C17H20F2N4O2/c1-23-10-12(7-22-23)14-8-20-9-15(14)16(24)21-6-11-3-2-4-13(5-11)25-17(18)19/h2-5,7,10,14-15,17,20H,6,8-9H2,1H3,(H,21,24)/t14-,15+/m1/s1. The van der Waals surface area contributed by atoms with Crippen molar-refractivity contribution < 1.29 is 18.3 Å². The topological polar surface area (TPSA) is 68.2 Å². The Morgan fingerprint density at radius 1 is 1.48 bits per heavy atom. The molecular formula is C17H20F2N4O2. The molecule has 0 aliphatic carbocycles. The number of carbonyl (C=O) groups excluding carboxylic acids is 1. The number of aryl methyl sites for hydroxylation is 1. The van der Waals surface area contributed by atoms with Crippen LogP contribution in [-0.4, -0.2) is 35.4 Å². The molecule has 0 saturated carbocycles. The second kappa shape index (κ2) is 7.60. The van der Waals surface area contributed by atoms with Crippen LogP contribution < -0.4 is 15.4 Å². The van der Waals surface area contributed by atoms with Gasteiger partial charge in [0.15, 0.2) is 0 Å². The number of carbonyl (C=O) groups is 1. The first-order chi connectivity index (χ1) is 12.0. The number of halogens is 2. The van der Waals surface area contributed by atoms with Crippen molar-refractivity contribution in [2.75, 3.05) is 13.1 Å². The van der Waals surface area contributed by atoms with Gasteiger partial charge in [-0.3, -0.25) is 9.48 Å². The molecule has 1 fully saturated rings. The minimum atomic E-state index is -2.87. The normalized spacial score (nSPS) is 20.0. The molecule has 0 spiro atoms. The average molecular weight is 350 g/mol. The van der Waals surface area contributed by atoms with Crippen LogP contribution in [0, 0.1) is 5.92 Å². The van der Waals surface area contributed by atoms with Gasteiger partial charge in [-0.1, -0.05) is 12.1 Å². The highest BCUT2D eigenvalue weighted by Gasteiger charge is 2.34. The largest absolute Gasteiger partial charge is 0.435 e. The molecule has 1 aliphatic heterocycles. The summed E-state index contributed by atoms with van der Waals surface area (Å²) in [7, 11) is 1.84. The third kappa shape index (κ3) is 4.33. The van der Waals surface area contributed by atoms with Gasteiger partial charge >= 0.3 is 6.61 Å². The summed E-state index contributed by atoms with van der Waals surface area (Å²) in [5, 5.41) is 10.3. The second-order valence-corrected chi connectivity index (χ2v) is 6.06. The molecule has 6 nitrogen and oxygen atoms in total. The maximum atomic E-state index is 12.5. The molecule has 134 valence electrons. The predicted molar refractivity (Wildman–Crippen MR) is 87.2 cm³/mol. The van der Waals surface area contributed by atoms with Gasteiger partial charge in [-0.15, -0.1) is 0 Å². The Kier molecular flexibility index (Phi) is 5.28. The zero-order valence-corrected chi connectivity index (χ0v) is 13.8. The van der Waals surface area contributed by atoms with Crippen molar-refractivity contribution in [3.63, 3.8) is 0 Å². The summed E-state index contributed by atoms with van der Waals surface area (Å²) in [6.07, 6.45) is 3.70. The first-order valence-electron chi connectivity index (χ1n) is 8.03. The van der Waals surface area contributed by atoms with Crippen LogP contribution in [0.1, 0.15) is 17.0 Å². The molecular weight excluding hydrogens is 330 g/mol. The second-order valence-electron chi connectivity index (χ2n) is 6.06. The van der Waals surface area contributed by atoms with Crippen LogP contribution in [0.15, 0.2) is 36.7 Å². The Hall–Kier alpha value is -2.48. The van der Waals surface area contributed by atoms with Crippen LogP contribution in [0.3, 0.4) is 0 Å². The number of ether oxygens (including phenoxy) is 1. The van der Waals surface area contributed by atoms with Crippen molar-refractivity contribution in [2.24, 2.45) is 13.0 Å². The van der Waals surface area contributed by atoms with Crippen LogP contribution in [0.25, 0.3) is 0 Å². The number of nitrogens with one attached hydrogen (secondary N) is 2. The highest BCUT2D eigenvalue weighted by atomic mass is 19.3. The lowest BCUT2D eigenvalue weighted by Gasteiger charge is -2.17. The maximum Gasteiger partial charge on any atom is 0.387 e. The van der Waals surface area contributed by atoms with E-state index in [0.29, 0.717) is 12.1 Å². The number of nitrogens with zero attached hydrogens (tertiary/aromatic N) is 2. The van der Waals surface area contributed by atoms with Crippen molar-refractivity contribution in [1.29, 1.82) is 0 Å². The van der Waals surface area contributed by atoms with Gasteiger partial charge in [0.05, 0.1) is 12.1 Å². The van der Waals surface area contributed by atoms with E-state index in [1.807, 2.05) is 13.2 Å². The lowest BCUT2D eigenvalue weighted by atomic mass is 9.90. The molecule has 0 unspecified atom stereocenters. The smallest absolute Gasteiger partial charge is 0.387 e. The highest BCUT2D eigenvalue weighted by Crippen LogP contribution is 2.28. The van der Waals surface area contributed by atoms with Gasteiger partial charge in [-0.25, -0.2) is 0 Å². The van der Waals surface area contributed by atoms with E-state index in [1.165, 1.54) is 12.1 Å². The summed E-state index contributed by atoms with van der Waals surface area (Å²) < 4.78 is 30.6. The molecule has 8 heteroatoms. The van der Waals surface area contributed by atoms with E-state index < -0.39 is 6.61 Å². The predicted octanol–water partition coefficient (Wildman–Crippen LogP) is 1.64. The Morgan fingerprint density at radius 2 is 2.32 bits per heavy atom. The van der Waals surface area contributed by atoms with E-state index in [-0.39, 0.29) is 30.0 Å². The Bertz CT molecular complexity index is 735. The van der Waals surface area contributed by atoms with Gasteiger partial charge in [-0.05, 0) is 23.3 Å². The summed E-state index contributed by atoms with van der Waals surface area (Å²) in [4.78, 5) is 12.5. The monoisotopic (exact) mass is 350 g/mol. The van der Waals surface area contributed by atoms with Crippen LogP contribution in [-0.2, 0) is 18.4 Å². The Balaban J connectivity index is 1.60. The van der Waals surface area contributed by atoms with Gasteiger partial charge in [0.25, 0.3) is 0 Å². The summed E-state index contributed by atoms with van der Waals surface area (Å²) in [5.74, 6) is -0.108. The molecule has 3 rings (SSSR count). The van der Waals surface area contributed by atoms with Gasteiger partial charge in [-0.2, -0.15) is 13.9 Å². The minimum absolute atomic E-state index is 0.0703. The van der Waals surface area contributed by atoms with Crippen LogP contribution in [0.2, 0.25) is 0 Å². The fourth-order valence-corrected chi connectivity index (χ4v) is 3.09. The molecule has 25 heavy (non-hydrogen) atoms.